The standard InChI is InChI=1S/C15H24N2O3/c1-4-12(5-2)17(8-9-20-3)14-7-6-11(15(18)19)10-13(14)16/h6-7,10,12H,4-5,8-9,16H2,1-3H3,(H,18,19). The number of nitrogens with zero attached hydrogens (tertiary/aromatic N) is 1. The van der Waals surface area contributed by atoms with E-state index in [1.54, 1.807) is 19.2 Å². The number of methoxy groups -OCH3 is 1. The molecule has 1 aromatic carbocycles. The van der Waals surface area contributed by atoms with E-state index in [0.29, 0.717) is 18.3 Å². The van der Waals surface area contributed by atoms with Crippen LogP contribution in [0.5, 0.6) is 0 Å². The molecule has 5 heteroatoms. The molecule has 0 aliphatic rings. The molecular weight excluding hydrogens is 256 g/mol. The van der Waals surface area contributed by atoms with E-state index in [9.17, 15) is 4.79 Å². The summed E-state index contributed by atoms with van der Waals surface area (Å²) in [6.07, 6.45) is 2.00. The minimum absolute atomic E-state index is 0.211. The van der Waals surface area contributed by atoms with E-state index in [0.717, 1.165) is 25.1 Å². The maximum absolute atomic E-state index is 11.0. The van der Waals surface area contributed by atoms with E-state index in [4.69, 9.17) is 15.6 Å². The average Bonchev–Trinajstić information content (AvgIpc) is 2.43. The second-order valence-electron chi connectivity index (χ2n) is 4.74. The molecule has 0 bridgehead atoms. The first-order chi connectivity index (χ1) is 9.54. The Morgan fingerprint density at radius 1 is 1.40 bits per heavy atom. The Labute approximate surface area is 120 Å². The Morgan fingerprint density at radius 3 is 2.50 bits per heavy atom. The maximum atomic E-state index is 11.0. The largest absolute Gasteiger partial charge is 0.478 e. The number of ether oxygens (including phenoxy) is 1. The molecule has 0 spiro atoms. The Balaban J connectivity index is 3.09. The summed E-state index contributed by atoms with van der Waals surface area (Å²) in [5.41, 5.74) is 7.61. The highest BCUT2D eigenvalue weighted by Gasteiger charge is 2.18. The number of carboxylic acid groups (broad SMARTS) is 1. The first-order valence-electron chi connectivity index (χ1n) is 6.93. The van der Waals surface area contributed by atoms with Crippen LogP contribution < -0.4 is 10.6 Å². The minimum atomic E-state index is -0.964. The van der Waals surface area contributed by atoms with Crippen LogP contribution in [0.4, 0.5) is 11.4 Å². The summed E-state index contributed by atoms with van der Waals surface area (Å²) in [6, 6.07) is 5.26. The SMILES string of the molecule is CCC(CC)N(CCOC)c1ccc(C(=O)O)cc1N. The highest BCUT2D eigenvalue weighted by Crippen LogP contribution is 2.28. The summed E-state index contributed by atoms with van der Waals surface area (Å²) in [7, 11) is 1.67. The van der Waals surface area contributed by atoms with Gasteiger partial charge in [-0.05, 0) is 31.0 Å². The minimum Gasteiger partial charge on any atom is -0.478 e. The summed E-state index contributed by atoms with van der Waals surface area (Å²) < 4.78 is 5.16. The number of nitrogens with two attached hydrogens (primary N) is 1. The van der Waals surface area contributed by atoms with Gasteiger partial charge in [0.2, 0.25) is 0 Å². The molecule has 0 atom stereocenters. The first kappa shape index (κ1) is 16.3. The van der Waals surface area contributed by atoms with Crippen molar-refractivity contribution in [2.45, 2.75) is 32.7 Å². The van der Waals surface area contributed by atoms with Crippen molar-refractivity contribution < 1.29 is 14.6 Å². The Kier molecular flexibility index (Phi) is 6.31. The van der Waals surface area contributed by atoms with Crippen molar-refractivity contribution in [2.24, 2.45) is 0 Å². The third kappa shape index (κ3) is 3.87. The van der Waals surface area contributed by atoms with Crippen LogP contribution >= 0.6 is 0 Å². The molecule has 0 aliphatic carbocycles. The molecule has 0 amide bonds. The molecule has 0 saturated heterocycles. The first-order valence-corrected chi connectivity index (χ1v) is 6.93. The van der Waals surface area contributed by atoms with Crippen LogP contribution in [-0.4, -0.2) is 37.4 Å². The van der Waals surface area contributed by atoms with Crippen LogP contribution in [-0.2, 0) is 4.74 Å². The topological polar surface area (TPSA) is 75.8 Å². The number of carboxylic acids is 1. The summed E-state index contributed by atoms with van der Waals surface area (Å²) >= 11 is 0. The molecule has 3 N–H and O–H groups in total. The second-order valence-corrected chi connectivity index (χ2v) is 4.74. The van der Waals surface area contributed by atoms with Gasteiger partial charge >= 0.3 is 5.97 Å². The maximum Gasteiger partial charge on any atom is 0.335 e. The third-order valence-corrected chi connectivity index (χ3v) is 3.50. The van der Waals surface area contributed by atoms with Crippen molar-refractivity contribution >= 4 is 17.3 Å². The van der Waals surface area contributed by atoms with E-state index >= 15 is 0 Å². The van der Waals surface area contributed by atoms with Gasteiger partial charge in [-0.1, -0.05) is 13.8 Å². The van der Waals surface area contributed by atoms with Crippen LogP contribution in [0, 0.1) is 0 Å². The van der Waals surface area contributed by atoms with E-state index in [1.807, 2.05) is 0 Å². The van der Waals surface area contributed by atoms with Gasteiger partial charge < -0.3 is 20.5 Å². The summed E-state index contributed by atoms with van der Waals surface area (Å²) in [5, 5.41) is 8.99. The number of aromatic carboxylic acids is 1. The lowest BCUT2D eigenvalue weighted by atomic mass is 10.1. The van der Waals surface area contributed by atoms with E-state index in [-0.39, 0.29) is 5.56 Å². The van der Waals surface area contributed by atoms with Crippen molar-refractivity contribution in [3.63, 3.8) is 0 Å². The second kappa shape index (κ2) is 7.75. The van der Waals surface area contributed by atoms with Crippen LogP contribution in [0.2, 0.25) is 0 Å². The van der Waals surface area contributed by atoms with E-state index in [2.05, 4.69) is 18.7 Å². The lowest BCUT2D eigenvalue weighted by Crippen LogP contribution is -2.37. The van der Waals surface area contributed by atoms with Gasteiger partial charge in [-0.15, -0.1) is 0 Å². The van der Waals surface area contributed by atoms with Crippen molar-refractivity contribution in [3.8, 4) is 0 Å². The Morgan fingerprint density at radius 2 is 2.05 bits per heavy atom. The molecule has 0 aromatic heterocycles. The predicted octanol–water partition coefficient (Wildman–Crippen LogP) is 2.61. The number of carbonyl (C=O) groups is 1. The molecule has 1 aromatic rings. The number of hydrogen-bond donors (Lipinski definition) is 2. The van der Waals surface area contributed by atoms with Gasteiger partial charge in [0.15, 0.2) is 0 Å². The summed E-state index contributed by atoms with van der Waals surface area (Å²) in [4.78, 5) is 13.2. The van der Waals surface area contributed by atoms with Gasteiger partial charge in [0.05, 0.1) is 23.5 Å². The fourth-order valence-corrected chi connectivity index (χ4v) is 2.37. The van der Waals surface area contributed by atoms with Crippen LogP contribution in [0.1, 0.15) is 37.0 Å². The number of benzene rings is 1. The van der Waals surface area contributed by atoms with Gasteiger partial charge in [-0.25, -0.2) is 4.79 Å². The van der Waals surface area contributed by atoms with Crippen LogP contribution in [0.25, 0.3) is 0 Å². The zero-order valence-corrected chi connectivity index (χ0v) is 12.4. The highest BCUT2D eigenvalue weighted by molar-refractivity contribution is 5.90. The monoisotopic (exact) mass is 280 g/mol. The quantitative estimate of drug-likeness (QED) is 0.716. The summed E-state index contributed by atoms with van der Waals surface area (Å²) in [5.74, 6) is -0.964. The third-order valence-electron chi connectivity index (χ3n) is 3.50. The fourth-order valence-electron chi connectivity index (χ4n) is 2.37. The number of nitrogen functional groups attached to an aromatic ring is 1. The Bertz CT molecular complexity index is 445. The molecule has 20 heavy (non-hydrogen) atoms. The van der Waals surface area contributed by atoms with Crippen molar-refractivity contribution in [1.82, 2.24) is 0 Å². The fraction of sp³-hybridized carbons (Fsp3) is 0.533. The zero-order chi connectivity index (χ0) is 15.1. The summed E-state index contributed by atoms with van der Waals surface area (Å²) in [6.45, 7) is 5.61. The lowest BCUT2D eigenvalue weighted by molar-refractivity contribution is 0.0697. The van der Waals surface area contributed by atoms with Gasteiger partial charge in [0, 0.05) is 19.7 Å². The number of hydrogen-bond acceptors (Lipinski definition) is 4. The van der Waals surface area contributed by atoms with Crippen LogP contribution in [0.15, 0.2) is 18.2 Å². The normalized spacial score (nSPS) is 10.8. The van der Waals surface area contributed by atoms with Crippen molar-refractivity contribution in [1.29, 1.82) is 0 Å². The van der Waals surface area contributed by atoms with Gasteiger partial charge in [0.25, 0.3) is 0 Å². The molecule has 0 saturated carbocycles. The molecular formula is C15H24N2O3. The number of rotatable bonds is 8. The Hall–Kier alpha value is -1.75. The lowest BCUT2D eigenvalue weighted by Gasteiger charge is -2.33. The van der Waals surface area contributed by atoms with Gasteiger partial charge in [0.1, 0.15) is 0 Å². The van der Waals surface area contributed by atoms with Crippen LogP contribution in [0.3, 0.4) is 0 Å². The molecule has 1 rings (SSSR count). The zero-order valence-electron chi connectivity index (χ0n) is 12.4. The van der Waals surface area contributed by atoms with Crippen molar-refractivity contribution in [3.05, 3.63) is 23.8 Å². The highest BCUT2D eigenvalue weighted by atomic mass is 16.5. The van der Waals surface area contributed by atoms with E-state index in [1.165, 1.54) is 6.07 Å². The molecule has 0 heterocycles. The smallest absolute Gasteiger partial charge is 0.335 e. The molecule has 112 valence electrons. The number of anilines is 2. The molecule has 0 aliphatic heterocycles. The predicted molar refractivity (Wildman–Crippen MR) is 81.4 cm³/mol. The molecule has 0 fully saturated rings. The van der Waals surface area contributed by atoms with Crippen molar-refractivity contribution in [2.75, 3.05) is 30.9 Å². The molecule has 0 unspecified atom stereocenters. The van der Waals surface area contributed by atoms with Gasteiger partial charge in [-0.3, -0.25) is 0 Å². The van der Waals surface area contributed by atoms with Gasteiger partial charge in [-0.2, -0.15) is 0 Å². The van der Waals surface area contributed by atoms with E-state index < -0.39 is 5.97 Å². The average molecular weight is 280 g/mol. The molecule has 5 nitrogen and oxygen atoms in total. The molecule has 0 radical (unpaired) electrons.